The number of benzene rings is 2. The maximum atomic E-state index is 13.0. The number of anilines is 1. The van der Waals surface area contributed by atoms with Crippen LogP contribution in [0.25, 0.3) is 17.4 Å². The van der Waals surface area contributed by atoms with E-state index in [9.17, 15) is 19.5 Å². The largest absolute Gasteiger partial charge is 0.478 e. The van der Waals surface area contributed by atoms with Crippen LogP contribution >= 0.6 is 11.6 Å². The molecule has 1 aromatic heterocycles. The molecule has 0 saturated carbocycles. The Labute approximate surface area is 206 Å². The first-order chi connectivity index (χ1) is 16.6. The normalized spacial score (nSPS) is 14.5. The molecule has 178 valence electrons. The number of halogens is 1. The minimum atomic E-state index is -1.20. The summed E-state index contributed by atoms with van der Waals surface area (Å²) in [7, 11) is 0. The maximum Gasteiger partial charge on any atom is 0.338 e. The van der Waals surface area contributed by atoms with Crippen LogP contribution in [0.5, 0.6) is 0 Å². The Balaban J connectivity index is 1.55. The molecule has 3 aromatic rings. The summed E-state index contributed by atoms with van der Waals surface area (Å²) in [4.78, 5) is 36.4. The van der Waals surface area contributed by atoms with Gasteiger partial charge in [0.05, 0.1) is 39.2 Å². The lowest BCUT2D eigenvalue weighted by Gasteiger charge is -2.12. The summed E-state index contributed by atoms with van der Waals surface area (Å²) >= 11 is 5.93. The fraction of sp³-hybridized carbons (Fsp3) is 0.154. The molecule has 1 amide bonds. The standard InChI is InChI=1S/C26H21ClN2O6/c1-14(2)34-26(33)17-6-4-16(5-7-17)23-11-9-19(35-23)13-20-15(3)28-29(24(20)30)18-8-10-22(27)21(12-18)25(31)32/h4-14H,1-3H3,(H,31,32)/b20-13-. The van der Waals surface area contributed by atoms with Crippen molar-refractivity contribution in [2.75, 3.05) is 5.01 Å². The summed E-state index contributed by atoms with van der Waals surface area (Å²) in [6, 6.07) is 14.5. The van der Waals surface area contributed by atoms with Gasteiger partial charge < -0.3 is 14.3 Å². The minimum absolute atomic E-state index is 0.0670. The molecule has 35 heavy (non-hydrogen) atoms. The molecule has 0 unspecified atom stereocenters. The predicted molar refractivity (Wildman–Crippen MR) is 132 cm³/mol. The molecular weight excluding hydrogens is 472 g/mol. The van der Waals surface area contributed by atoms with Gasteiger partial charge in [-0.05, 0) is 69.3 Å². The molecule has 0 aliphatic carbocycles. The number of esters is 1. The fourth-order valence-corrected chi connectivity index (χ4v) is 3.65. The van der Waals surface area contributed by atoms with Crippen molar-refractivity contribution < 1.29 is 28.6 Å². The molecule has 1 N–H and O–H groups in total. The van der Waals surface area contributed by atoms with Crippen molar-refractivity contribution in [2.45, 2.75) is 26.9 Å². The third-order valence-electron chi connectivity index (χ3n) is 5.15. The molecular formula is C26H21ClN2O6. The third kappa shape index (κ3) is 5.02. The van der Waals surface area contributed by atoms with E-state index in [2.05, 4.69) is 5.10 Å². The molecule has 0 atom stereocenters. The summed E-state index contributed by atoms with van der Waals surface area (Å²) < 4.78 is 11.1. The number of carbonyl (C=O) groups excluding carboxylic acids is 2. The number of aromatic carboxylic acids is 1. The second kappa shape index (κ2) is 9.60. The van der Waals surface area contributed by atoms with Crippen LogP contribution in [0.3, 0.4) is 0 Å². The van der Waals surface area contributed by atoms with E-state index < -0.39 is 17.8 Å². The highest BCUT2D eigenvalue weighted by Gasteiger charge is 2.30. The Hall–Kier alpha value is -4.17. The van der Waals surface area contributed by atoms with Crippen molar-refractivity contribution in [1.82, 2.24) is 0 Å². The van der Waals surface area contributed by atoms with Crippen molar-refractivity contribution in [1.29, 1.82) is 0 Å². The van der Waals surface area contributed by atoms with E-state index in [4.69, 9.17) is 20.8 Å². The Kier molecular flexibility index (Phi) is 6.57. The first kappa shape index (κ1) is 24.0. The van der Waals surface area contributed by atoms with Gasteiger partial charge in [-0.1, -0.05) is 23.7 Å². The Morgan fingerprint density at radius 1 is 1.11 bits per heavy atom. The molecule has 8 nitrogen and oxygen atoms in total. The average molecular weight is 493 g/mol. The van der Waals surface area contributed by atoms with Gasteiger partial charge >= 0.3 is 11.9 Å². The van der Waals surface area contributed by atoms with Gasteiger partial charge in [0.2, 0.25) is 0 Å². The highest BCUT2D eigenvalue weighted by Crippen LogP contribution is 2.30. The van der Waals surface area contributed by atoms with Gasteiger partial charge in [-0.15, -0.1) is 0 Å². The van der Waals surface area contributed by atoms with Crippen LogP contribution in [-0.4, -0.2) is 34.8 Å². The molecule has 2 heterocycles. The number of hydrazone groups is 1. The van der Waals surface area contributed by atoms with Gasteiger partial charge in [0, 0.05) is 5.56 Å². The molecule has 1 aliphatic rings. The third-order valence-corrected chi connectivity index (χ3v) is 5.48. The molecule has 9 heteroatoms. The van der Waals surface area contributed by atoms with Crippen molar-refractivity contribution in [3.8, 4) is 11.3 Å². The van der Waals surface area contributed by atoms with E-state index in [1.165, 1.54) is 18.2 Å². The Bertz CT molecular complexity index is 1390. The lowest BCUT2D eigenvalue weighted by Crippen LogP contribution is -2.21. The van der Waals surface area contributed by atoms with E-state index in [0.717, 1.165) is 10.6 Å². The maximum absolute atomic E-state index is 13.0. The zero-order chi connectivity index (χ0) is 25.3. The number of rotatable bonds is 6. The first-order valence-electron chi connectivity index (χ1n) is 10.7. The number of furan rings is 1. The molecule has 0 spiro atoms. The number of carboxylic acids is 1. The average Bonchev–Trinajstić information content (AvgIpc) is 3.39. The number of hydrogen-bond donors (Lipinski definition) is 1. The van der Waals surface area contributed by atoms with Gasteiger partial charge in [0.15, 0.2) is 0 Å². The van der Waals surface area contributed by atoms with Crippen molar-refractivity contribution in [3.63, 3.8) is 0 Å². The summed E-state index contributed by atoms with van der Waals surface area (Å²) in [5, 5.41) is 14.8. The van der Waals surface area contributed by atoms with Gasteiger partial charge in [-0.2, -0.15) is 10.1 Å². The van der Waals surface area contributed by atoms with Gasteiger partial charge in [-0.25, -0.2) is 9.59 Å². The van der Waals surface area contributed by atoms with Crippen LogP contribution in [0.15, 0.2) is 69.7 Å². The van der Waals surface area contributed by atoms with Crippen LogP contribution in [0.1, 0.15) is 47.2 Å². The fourth-order valence-electron chi connectivity index (χ4n) is 3.45. The summed E-state index contributed by atoms with van der Waals surface area (Å²) in [5.74, 6) is -1.03. The van der Waals surface area contributed by atoms with E-state index in [-0.39, 0.29) is 22.4 Å². The van der Waals surface area contributed by atoms with Crippen LogP contribution in [-0.2, 0) is 9.53 Å². The number of nitrogens with zero attached hydrogens (tertiary/aromatic N) is 2. The zero-order valence-electron chi connectivity index (χ0n) is 19.1. The lowest BCUT2D eigenvalue weighted by atomic mass is 10.1. The topological polar surface area (TPSA) is 109 Å². The summed E-state index contributed by atoms with van der Waals surface area (Å²) in [6.07, 6.45) is 1.37. The molecule has 0 bridgehead atoms. The quantitative estimate of drug-likeness (QED) is 0.350. The van der Waals surface area contributed by atoms with E-state index >= 15 is 0 Å². The van der Waals surface area contributed by atoms with Crippen molar-refractivity contribution in [3.05, 3.63) is 82.1 Å². The predicted octanol–water partition coefficient (Wildman–Crippen LogP) is 5.67. The molecule has 0 fully saturated rings. The van der Waals surface area contributed by atoms with Crippen molar-refractivity contribution in [2.24, 2.45) is 5.10 Å². The number of carbonyl (C=O) groups is 3. The zero-order valence-corrected chi connectivity index (χ0v) is 19.9. The summed E-state index contributed by atoms with van der Waals surface area (Å²) in [6.45, 7) is 5.25. The number of amides is 1. The van der Waals surface area contributed by atoms with E-state index in [1.54, 1.807) is 63.2 Å². The highest BCUT2D eigenvalue weighted by atomic mass is 35.5. The second-order valence-corrected chi connectivity index (χ2v) is 8.47. The van der Waals surface area contributed by atoms with Crippen molar-refractivity contribution >= 4 is 46.9 Å². The van der Waals surface area contributed by atoms with Gasteiger partial charge in [-0.3, -0.25) is 4.79 Å². The lowest BCUT2D eigenvalue weighted by molar-refractivity contribution is -0.114. The second-order valence-electron chi connectivity index (χ2n) is 8.06. The highest BCUT2D eigenvalue weighted by molar-refractivity contribution is 6.34. The van der Waals surface area contributed by atoms with Crippen LogP contribution < -0.4 is 5.01 Å². The van der Waals surface area contributed by atoms with E-state index in [1.807, 2.05) is 0 Å². The Morgan fingerprint density at radius 3 is 2.49 bits per heavy atom. The Morgan fingerprint density at radius 2 is 1.83 bits per heavy atom. The molecule has 0 radical (unpaired) electrons. The summed E-state index contributed by atoms with van der Waals surface area (Å²) in [5.41, 5.74) is 2.12. The smallest absolute Gasteiger partial charge is 0.338 e. The molecule has 2 aromatic carbocycles. The monoisotopic (exact) mass is 492 g/mol. The number of ether oxygens (including phenoxy) is 1. The molecule has 1 aliphatic heterocycles. The van der Waals surface area contributed by atoms with E-state index in [0.29, 0.717) is 28.4 Å². The van der Waals surface area contributed by atoms with Gasteiger partial charge in [0.25, 0.3) is 5.91 Å². The van der Waals surface area contributed by atoms with Crippen LogP contribution in [0.2, 0.25) is 5.02 Å². The molecule has 4 rings (SSSR count). The van der Waals surface area contributed by atoms with Crippen LogP contribution in [0, 0.1) is 0 Å². The number of carboxylic acid groups (broad SMARTS) is 1. The SMILES string of the molecule is CC1=NN(c2ccc(Cl)c(C(=O)O)c2)C(=O)/C1=C\c1ccc(-c2ccc(C(=O)OC(C)C)cc2)o1. The van der Waals surface area contributed by atoms with Gasteiger partial charge in [0.1, 0.15) is 11.5 Å². The minimum Gasteiger partial charge on any atom is -0.478 e. The molecule has 0 saturated heterocycles. The number of hydrogen-bond acceptors (Lipinski definition) is 6. The first-order valence-corrected chi connectivity index (χ1v) is 11.1. The van der Waals surface area contributed by atoms with Crippen LogP contribution in [0.4, 0.5) is 5.69 Å².